The van der Waals surface area contributed by atoms with E-state index in [1.165, 1.54) is 0 Å². The largest absolute Gasteiger partial charge is 0.430 e. The second-order valence-corrected chi connectivity index (χ2v) is 11.3. The first-order valence-corrected chi connectivity index (χ1v) is 11.8. The smallest absolute Gasteiger partial charge is 0.426 e. The first-order valence-electron chi connectivity index (χ1n) is 10.4. The maximum Gasteiger partial charge on any atom is 0.430 e. The van der Waals surface area contributed by atoms with Gasteiger partial charge in [0.2, 0.25) is 0 Å². The minimum absolute atomic E-state index is 0.269. The van der Waals surface area contributed by atoms with E-state index in [9.17, 15) is 32.2 Å². The summed E-state index contributed by atoms with van der Waals surface area (Å²) >= 11 is 0. The van der Waals surface area contributed by atoms with Gasteiger partial charge in [0.25, 0.3) is 6.29 Å². The van der Waals surface area contributed by atoms with Crippen LogP contribution in [-0.2, 0) is 24.4 Å². The Morgan fingerprint density at radius 2 is 1.70 bits per heavy atom. The number of carbonyl (C=O) groups is 1. The van der Waals surface area contributed by atoms with Crippen molar-refractivity contribution in [1.82, 2.24) is 0 Å². The normalized spacial score (nSPS) is 38.6. The highest BCUT2D eigenvalue weighted by atomic mass is 32.2. The number of alkyl halides is 2. The second kappa shape index (κ2) is 7.06. The molecule has 3 atom stereocenters. The number of halogens is 2. The Balaban J connectivity index is 1.43. The van der Waals surface area contributed by atoms with Crippen LogP contribution in [0, 0.1) is 17.3 Å². The number of aliphatic hydroxyl groups is 2. The molecule has 0 aromatic carbocycles. The van der Waals surface area contributed by atoms with Crippen molar-refractivity contribution in [2.45, 2.75) is 87.0 Å². The van der Waals surface area contributed by atoms with Gasteiger partial charge in [0.15, 0.2) is 0 Å². The number of aliphatic hydroxyl groups excluding tert-OH is 1. The summed E-state index contributed by atoms with van der Waals surface area (Å²) < 4.78 is 66.5. The topological polar surface area (TPSA) is 130 Å². The highest BCUT2D eigenvalue weighted by molar-refractivity contribution is 7.86. The van der Waals surface area contributed by atoms with Gasteiger partial charge in [0.05, 0.1) is 11.2 Å². The van der Waals surface area contributed by atoms with Gasteiger partial charge < -0.3 is 19.7 Å². The Bertz CT molecular complexity index is 793. The van der Waals surface area contributed by atoms with Crippen LogP contribution >= 0.6 is 0 Å². The number of carbonyl (C=O) groups excluding carboxylic acids is 1. The molecule has 0 radical (unpaired) electrons. The van der Waals surface area contributed by atoms with Crippen LogP contribution in [0.2, 0.25) is 0 Å². The molecule has 0 aliphatic heterocycles. The third kappa shape index (κ3) is 3.56. The summed E-state index contributed by atoms with van der Waals surface area (Å²) in [6.07, 6.45) is 5.02. The molecule has 0 aromatic heterocycles. The lowest BCUT2D eigenvalue weighted by Crippen LogP contribution is -2.64. The van der Waals surface area contributed by atoms with E-state index in [1.54, 1.807) is 0 Å². The number of ether oxygens (including phenoxy) is 2. The number of hydrogen-bond donors (Lipinski definition) is 3. The molecule has 5 aliphatic rings. The molecule has 0 heterocycles. The van der Waals surface area contributed by atoms with Crippen molar-refractivity contribution in [2.24, 2.45) is 17.3 Å². The molecular weight excluding hydrogens is 426 g/mol. The van der Waals surface area contributed by atoms with Gasteiger partial charge >= 0.3 is 21.3 Å². The quantitative estimate of drug-likeness (QED) is 0.302. The van der Waals surface area contributed by atoms with Crippen LogP contribution in [0.25, 0.3) is 0 Å². The average Bonchev–Trinajstić information content (AvgIpc) is 3.06. The summed E-state index contributed by atoms with van der Waals surface area (Å²) in [5.41, 5.74) is -1.68. The highest BCUT2D eigenvalue weighted by Gasteiger charge is 2.65. The Morgan fingerprint density at radius 1 is 1.13 bits per heavy atom. The van der Waals surface area contributed by atoms with Crippen LogP contribution in [0.5, 0.6) is 0 Å². The van der Waals surface area contributed by atoms with E-state index in [0.29, 0.717) is 31.1 Å². The monoisotopic (exact) mass is 454 g/mol. The van der Waals surface area contributed by atoms with Crippen LogP contribution in [0.3, 0.4) is 0 Å². The fourth-order valence-electron chi connectivity index (χ4n) is 6.95. The summed E-state index contributed by atoms with van der Waals surface area (Å²) in [5, 5.41) is 15.6. The van der Waals surface area contributed by atoms with E-state index < -0.39 is 45.4 Å². The van der Waals surface area contributed by atoms with E-state index in [-0.39, 0.29) is 5.41 Å². The first-order chi connectivity index (χ1) is 13.8. The molecule has 5 rings (SSSR count). The molecule has 5 aliphatic carbocycles. The number of hydrogen-bond acceptors (Lipinski definition) is 7. The van der Waals surface area contributed by atoms with Crippen LogP contribution < -0.4 is 0 Å². The van der Waals surface area contributed by atoms with Crippen molar-refractivity contribution in [2.75, 3.05) is 6.61 Å². The summed E-state index contributed by atoms with van der Waals surface area (Å²) in [6, 6.07) is 0. The van der Waals surface area contributed by atoms with Gasteiger partial charge in [-0.05, 0) is 63.2 Å². The number of esters is 1. The zero-order chi connectivity index (χ0) is 22.0. The Morgan fingerprint density at radius 3 is 2.23 bits per heavy atom. The molecular formula is C19H28F2O8S. The highest BCUT2D eigenvalue weighted by Crippen LogP contribution is 2.68. The summed E-state index contributed by atoms with van der Waals surface area (Å²) in [5.74, 6) is -0.627. The van der Waals surface area contributed by atoms with Gasteiger partial charge in [-0.3, -0.25) is 4.55 Å². The van der Waals surface area contributed by atoms with Crippen molar-refractivity contribution in [3.63, 3.8) is 0 Å². The van der Waals surface area contributed by atoms with Crippen molar-refractivity contribution in [1.29, 1.82) is 0 Å². The molecule has 0 amide bonds. The third-order valence-electron chi connectivity index (χ3n) is 7.80. The van der Waals surface area contributed by atoms with Gasteiger partial charge in [-0.2, -0.15) is 17.2 Å². The lowest BCUT2D eigenvalue weighted by atomic mass is 9.43. The van der Waals surface area contributed by atoms with E-state index in [0.717, 1.165) is 44.9 Å². The molecule has 8 nitrogen and oxygen atoms in total. The lowest BCUT2D eigenvalue weighted by Gasteiger charge is -2.65. The molecule has 0 spiro atoms. The van der Waals surface area contributed by atoms with Gasteiger partial charge in [-0.15, -0.1) is 0 Å². The number of rotatable bonds is 7. The standard InChI is InChI=1S/C19H28F2O8S/c20-19(21,30(25,26)27)15(23)29-14(22)10-28-17-8-12-5-13(9-17)7-16(6-12,11-17)18(24)3-1-2-4-18/h12-13,15,23-24H,1-11H2,(H,25,26,27). The molecule has 0 saturated heterocycles. The Hall–Kier alpha value is -0.880. The summed E-state index contributed by atoms with van der Waals surface area (Å²) in [4.78, 5) is 12.0. The average molecular weight is 454 g/mol. The van der Waals surface area contributed by atoms with Crippen LogP contribution in [0.4, 0.5) is 8.78 Å². The molecule has 4 bridgehead atoms. The van der Waals surface area contributed by atoms with Crippen molar-refractivity contribution < 1.29 is 46.2 Å². The van der Waals surface area contributed by atoms with Crippen LogP contribution in [0.15, 0.2) is 0 Å². The van der Waals surface area contributed by atoms with Crippen molar-refractivity contribution in [3.05, 3.63) is 0 Å². The van der Waals surface area contributed by atoms with Crippen LogP contribution in [-0.4, -0.2) is 58.5 Å². The molecule has 5 fully saturated rings. The molecule has 3 N–H and O–H groups in total. The van der Waals surface area contributed by atoms with E-state index in [1.807, 2.05) is 0 Å². The Kier molecular flexibility index (Phi) is 5.25. The summed E-state index contributed by atoms with van der Waals surface area (Å²) in [6.45, 7) is -0.730. The molecule has 3 unspecified atom stereocenters. The van der Waals surface area contributed by atoms with Crippen LogP contribution in [0.1, 0.15) is 64.2 Å². The summed E-state index contributed by atoms with van der Waals surface area (Å²) in [7, 11) is -5.95. The van der Waals surface area contributed by atoms with Gasteiger partial charge in [-0.25, -0.2) is 4.79 Å². The molecule has 0 aromatic rings. The SMILES string of the molecule is O=C(COC12CC3CC(C1)CC(C1(O)CCCC1)(C3)C2)OC(O)C(F)(F)S(=O)(=O)O. The molecule has 5 saturated carbocycles. The predicted molar refractivity (Wildman–Crippen MR) is 97.8 cm³/mol. The minimum Gasteiger partial charge on any atom is -0.426 e. The fourth-order valence-corrected chi connectivity index (χ4v) is 7.25. The van der Waals surface area contributed by atoms with Gasteiger partial charge in [0.1, 0.15) is 6.61 Å². The van der Waals surface area contributed by atoms with Gasteiger partial charge in [0, 0.05) is 5.41 Å². The Labute approximate surface area is 173 Å². The van der Waals surface area contributed by atoms with E-state index in [2.05, 4.69) is 4.74 Å². The zero-order valence-corrected chi connectivity index (χ0v) is 17.4. The van der Waals surface area contributed by atoms with Crippen molar-refractivity contribution >= 4 is 16.1 Å². The molecule has 11 heteroatoms. The minimum atomic E-state index is -5.95. The third-order valence-corrected chi connectivity index (χ3v) is 8.69. The maximum atomic E-state index is 13.4. The molecule has 30 heavy (non-hydrogen) atoms. The van der Waals surface area contributed by atoms with Gasteiger partial charge in [-0.1, -0.05) is 12.8 Å². The fraction of sp³-hybridized carbons (Fsp3) is 0.947. The lowest BCUT2D eigenvalue weighted by molar-refractivity contribution is -0.249. The van der Waals surface area contributed by atoms with Crippen molar-refractivity contribution in [3.8, 4) is 0 Å². The zero-order valence-electron chi connectivity index (χ0n) is 16.6. The van der Waals surface area contributed by atoms with E-state index >= 15 is 0 Å². The first kappa shape index (κ1) is 22.3. The molecule has 172 valence electrons. The predicted octanol–water partition coefficient (Wildman–Crippen LogP) is 1.99. The van der Waals surface area contributed by atoms with E-state index in [4.69, 9.17) is 9.29 Å². The maximum absolute atomic E-state index is 13.4. The second-order valence-electron chi connectivity index (χ2n) is 9.83.